The van der Waals surface area contributed by atoms with Gasteiger partial charge in [-0.25, -0.2) is 0 Å². The average Bonchev–Trinajstić information content (AvgIpc) is 2.81. The Morgan fingerprint density at radius 1 is 1.52 bits per heavy atom. The van der Waals surface area contributed by atoms with E-state index in [1.54, 1.807) is 11.8 Å². The van der Waals surface area contributed by atoms with Crippen LogP contribution in [-0.2, 0) is 9.59 Å². The minimum Gasteiger partial charge on any atom is -0.494 e. The van der Waals surface area contributed by atoms with E-state index in [4.69, 9.17) is 4.74 Å². The molecule has 1 atom stereocenters. The number of ether oxygens (including phenoxy) is 1. The Hall–Kier alpha value is -1.69. The first-order chi connectivity index (χ1) is 10.1. The minimum atomic E-state index is -0.0795. The number of thioether (sulfide) groups is 1. The Labute approximate surface area is 129 Å². The maximum absolute atomic E-state index is 12.0. The SMILES string of the molecule is CCOc1cccc(C2SCC(=O)N2CCNC(C)=O)c1. The van der Waals surface area contributed by atoms with Crippen molar-refractivity contribution >= 4 is 23.6 Å². The fourth-order valence-electron chi connectivity index (χ4n) is 2.25. The summed E-state index contributed by atoms with van der Waals surface area (Å²) < 4.78 is 5.51. The van der Waals surface area contributed by atoms with E-state index in [0.29, 0.717) is 25.4 Å². The molecule has 0 spiro atoms. The van der Waals surface area contributed by atoms with Gasteiger partial charge in [-0.1, -0.05) is 12.1 Å². The highest BCUT2D eigenvalue weighted by molar-refractivity contribution is 8.00. The minimum absolute atomic E-state index is 0.00772. The molecule has 0 aliphatic carbocycles. The Morgan fingerprint density at radius 3 is 3.05 bits per heavy atom. The molecule has 1 saturated heterocycles. The molecule has 1 aliphatic heterocycles. The van der Waals surface area contributed by atoms with Crippen LogP contribution in [0.4, 0.5) is 0 Å². The van der Waals surface area contributed by atoms with E-state index in [9.17, 15) is 9.59 Å². The van der Waals surface area contributed by atoms with Crippen molar-refractivity contribution in [2.45, 2.75) is 19.2 Å². The molecular weight excluding hydrogens is 288 g/mol. The lowest BCUT2D eigenvalue weighted by Gasteiger charge is -2.24. The topological polar surface area (TPSA) is 58.6 Å². The van der Waals surface area contributed by atoms with Crippen LogP contribution in [0.2, 0.25) is 0 Å². The third-order valence-corrected chi connectivity index (χ3v) is 4.41. The smallest absolute Gasteiger partial charge is 0.233 e. The molecule has 0 saturated carbocycles. The Kier molecular flexibility index (Phi) is 5.50. The van der Waals surface area contributed by atoms with Gasteiger partial charge in [0, 0.05) is 20.0 Å². The Balaban J connectivity index is 2.07. The molecule has 1 fully saturated rings. The zero-order chi connectivity index (χ0) is 15.2. The molecule has 114 valence electrons. The van der Waals surface area contributed by atoms with Crippen molar-refractivity contribution in [1.82, 2.24) is 10.2 Å². The maximum Gasteiger partial charge on any atom is 0.233 e. The van der Waals surface area contributed by atoms with Crippen LogP contribution in [0.3, 0.4) is 0 Å². The van der Waals surface area contributed by atoms with Gasteiger partial charge in [0.1, 0.15) is 11.1 Å². The molecule has 0 aromatic heterocycles. The predicted octanol–water partition coefficient (Wildman–Crippen LogP) is 1.80. The highest BCUT2D eigenvalue weighted by atomic mass is 32.2. The highest BCUT2D eigenvalue weighted by Gasteiger charge is 2.32. The first-order valence-electron chi connectivity index (χ1n) is 7.00. The van der Waals surface area contributed by atoms with Crippen LogP contribution >= 0.6 is 11.8 Å². The Morgan fingerprint density at radius 2 is 2.33 bits per heavy atom. The van der Waals surface area contributed by atoms with Crippen LogP contribution in [0.5, 0.6) is 5.75 Å². The Bertz CT molecular complexity index is 521. The first kappa shape index (κ1) is 15.7. The van der Waals surface area contributed by atoms with Crippen molar-refractivity contribution in [3.63, 3.8) is 0 Å². The number of nitrogens with zero attached hydrogens (tertiary/aromatic N) is 1. The van der Waals surface area contributed by atoms with Crippen molar-refractivity contribution in [3.05, 3.63) is 29.8 Å². The molecule has 21 heavy (non-hydrogen) atoms. The summed E-state index contributed by atoms with van der Waals surface area (Å²) >= 11 is 1.61. The van der Waals surface area contributed by atoms with Gasteiger partial charge in [-0.3, -0.25) is 9.59 Å². The summed E-state index contributed by atoms with van der Waals surface area (Å²) in [5.74, 6) is 1.32. The molecule has 1 unspecified atom stereocenters. The summed E-state index contributed by atoms with van der Waals surface area (Å²) in [5.41, 5.74) is 1.06. The van der Waals surface area contributed by atoms with Crippen molar-refractivity contribution in [2.24, 2.45) is 0 Å². The number of rotatable bonds is 6. The van der Waals surface area contributed by atoms with Crippen molar-refractivity contribution in [2.75, 3.05) is 25.4 Å². The third kappa shape index (κ3) is 4.14. The van der Waals surface area contributed by atoms with E-state index in [1.165, 1.54) is 6.92 Å². The normalized spacial score (nSPS) is 17.9. The second-order valence-corrected chi connectivity index (χ2v) is 5.81. The largest absolute Gasteiger partial charge is 0.494 e. The van der Waals surface area contributed by atoms with Gasteiger partial charge < -0.3 is 15.0 Å². The zero-order valence-corrected chi connectivity index (χ0v) is 13.1. The number of hydrogen-bond acceptors (Lipinski definition) is 4. The average molecular weight is 308 g/mol. The summed E-state index contributed by atoms with van der Waals surface area (Å²) in [5, 5.41) is 2.72. The molecule has 5 nitrogen and oxygen atoms in total. The molecule has 1 aromatic carbocycles. The predicted molar refractivity (Wildman–Crippen MR) is 83.2 cm³/mol. The molecule has 6 heteroatoms. The summed E-state index contributed by atoms with van der Waals surface area (Å²) in [7, 11) is 0. The van der Waals surface area contributed by atoms with E-state index in [-0.39, 0.29) is 17.2 Å². The van der Waals surface area contributed by atoms with E-state index in [2.05, 4.69) is 5.32 Å². The summed E-state index contributed by atoms with van der Waals surface area (Å²) in [6.07, 6.45) is 0. The van der Waals surface area contributed by atoms with Gasteiger partial charge in [-0.05, 0) is 24.6 Å². The van der Waals surface area contributed by atoms with Crippen LogP contribution in [0.25, 0.3) is 0 Å². The lowest BCUT2D eigenvalue weighted by Crippen LogP contribution is -2.36. The summed E-state index contributed by atoms with van der Waals surface area (Å²) in [4.78, 5) is 24.7. The van der Waals surface area contributed by atoms with Crippen molar-refractivity contribution in [1.29, 1.82) is 0 Å². The molecular formula is C15H20N2O3S. The lowest BCUT2D eigenvalue weighted by atomic mass is 10.2. The molecule has 2 rings (SSSR count). The molecule has 1 aromatic rings. The monoisotopic (exact) mass is 308 g/mol. The fourth-order valence-corrected chi connectivity index (χ4v) is 3.46. The second-order valence-electron chi connectivity index (χ2n) is 4.74. The van der Waals surface area contributed by atoms with Crippen LogP contribution in [0.1, 0.15) is 24.8 Å². The lowest BCUT2D eigenvalue weighted by molar-refractivity contribution is -0.128. The van der Waals surface area contributed by atoms with Gasteiger partial charge >= 0.3 is 0 Å². The second kappa shape index (κ2) is 7.36. The van der Waals surface area contributed by atoms with Gasteiger partial charge in [0.25, 0.3) is 0 Å². The number of hydrogen-bond donors (Lipinski definition) is 1. The maximum atomic E-state index is 12.0. The quantitative estimate of drug-likeness (QED) is 0.870. The van der Waals surface area contributed by atoms with Gasteiger partial charge in [0.05, 0.1) is 12.4 Å². The van der Waals surface area contributed by atoms with Crippen LogP contribution in [0, 0.1) is 0 Å². The van der Waals surface area contributed by atoms with E-state index >= 15 is 0 Å². The van der Waals surface area contributed by atoms with Gasteiger partial charge in [0.15, 0.2) is 0 Å². The van der Waals surface area contributed by atoms with E-state index < -0.39 is 0 Å². The molecule has 1 aliphatic rings. The number of carbonyl (C=O) groups excluding carboxylic acids is 2. The zero-order valence-electron chi connectivity index (χ0n) is 12.3. The highest BCUT2D eigenvalue weighted by Crippen LogP contribution is 2.39. The molecule has 0 radical (unpaired) electrons. The van der Waals surface area contributed by atoms with Crippen LogP contribution in [-0.4, -0.2) is 42.2 Å². The number of amides is 2. The molecule has 1 heterocycles. The molecule has 0 bridgehead atoms. The van der Waals surface area contributed by atoms with Crippen LogP contribution in [0.15, 0.2) is 24.3 Å². The number of benzene rings is 1. The van der Waals surface area contributed by atoms with Crippen LogP contribution < -0.4 is 10.1 Å². The summed E-state index contributed by atoms with van der Waals surface area (Å²) in [6.45, 7) is 5.04. The van der Waals surface area contributed by atoms with Gasteiger partial charge in [0.2, 0.25) is 11.8 Å². The summed E-state index contributed by atoms with van der Waals surface area (Å²) in [6, 6.07) is 7.83. The molecule has 2 amide bonds. The van der Waals surface area contributed by atoms with Gasteiger partial charge in [-0.2, -0.15) is 0 Å². The van der Waals surface area contributed by atoms with E-state index in [1.807, 2.05) is 36.1 Å². The van der Waals surface area contributed by atoms with Gasteiger partial charge in [-0.15, -0.1) is 11.8 Å². The third-order valence-electron chi connectivity index (χ3n) is 3.15. The molecule has 1 N–H and O–H groups in total. The van der Waals surface area contributed by atoms with Crippen molar-refractivity contribution in [3.8, 4) is 5.75 Å². The van der Waals surface area contributed by atoms with E-state index in [0.717, 1.165) is 11.3 Å². The fraction of sp³-hybridized carbons (Fsp3) is 0.467. The van der Waals surface area contributed by atoms with Crippen molar-refractivity contribution < 1.29 is 14.3 Å². The first-order valence-corrected chi connectivity index (χ1v) is 8.05. The standard InChI is InChI=1S/C15H20N2O3S/c1-3-20-13-6-4-5-12(9-13)15-17(14(19)10-21-15)8-7-16-11(2)18/h4-6,9,15H,3,7-8,10H2,1-2H3,(H,16,18). The number of carbonyl (C=O) groups is 2. The number of nitrogens with one attached hydrogen (secondary N) is 1.